The molecule has 2 aromatic carbocycles. The van der Waals surface area contributed by atoms with Crippen LogP contribution in [0.1, 0.15) is 41.0 Å². The number of piperidine rings is 1. The van der Waals surface area contributed by atoms with E-state index in [0.29, 0.717) is 29.9 Å². The zero-order chi connectivity index (χ0) is 22.7. The molecule has 32 heavy (non-hydrogen) atoms. The van der Waals surface area contributed by atoms with Crippen molar-refractivity contribution < 1.29 is 18.1 Å². The van der Waals surface area contributed by atoms with Crippen molar-refractivity contribution in [3.8, 4) is 17.5 Å². The van der Waals surface area contributed by atoms with Gasteiger partial charge in [-0.25, -0.2) is 8.78 Å². The number of nitriles is 1. The van der Waals surface area contributed by atoms with Crippen LogP contribution in [0.15, 0.2) is 40.9 Å². The van der Waals surface area contributed by atoms with Gasteiger partial charge < -0.3 is 15.2 Å². The lowest BCUT2D eigenvalue weighted by Crippen LogP contribution is -2.51. The van der Waals surface area contributed by atoms with Gasteiger partial charge in [-0.3, -0.25) is 4.79 Å². The maximum atomic E-state index is 14.6. The number of carbonyl (C=O) groups excluding carboxylic acids is 1. The quantitative estimate of drug-likeness (QED) is 0.562. The van der Waals surface area contributed by atoms with Gasteiger partial charge >= 0.3 is 0 Å². The SMILES string of the molecule is Cc1noc(-c2ccccc2C(=O)[C@@H](Nc2c(F)cc(C#N)cc2F)C2CCCCN2)n1. The second-order valence-corrected chi connectivity index (χ2v) is 7.66. The van der Waals surface area contributed by atoms with Crippen molar-refractivity contribution in [2.45, 2.75) is 38.3 Å². The van der Waals surface area contributed by atoms with Gasteiger partial charge in [-0.1, -0.05) is 29.8 Å². The van der Waals surface area contributed by atoms with E-state index in [-0.39, 0.29) is 23.3 Å². The number of benzene rings is 2. The van der Waals surface area contributed by atoms with Crippen molar-refractivity contribution in [2.75, 3.05) is 11.9 Å². The number of nitrogens with one attached hydrogen (secondary N) is 2. The summed E-state index contributed by atoms with van der Waals surface area (Å²) in [6.07, 6.45) is 2.49. The molecule has 4 rings (SSSR count). The minimum Gasteiger partial charge on any atom is -0.369 e. The fraction of sp³-hybridized carbons (Fsp3) is 0.304. The summed E-state index contributed by atoms with van der Waals surface area (Å²) < 4.78 is 34.5. The summed E-state index contributed by atoms with van der Waals surface area (Å²) in [5.41, 5.74) is 0.166. The van der Waals surface area contributed by atoms with Crippen LogP contribution in [0.2, 0.25) is 0 Å². The van der Waals surface area contributed by atoms with Crippen LogP contribution in [0.4, 0.5) is 14.5 Å². The summed E-state index contributed by atoms with van der Waals surface area (Å²) in [5, 5.41) is 18.8. The third kappa shape index (κ3) is 4.36. The van der Waals surface area contributed by atoms with E-state index in [9.17, 15) is 13.6 Å². The minimum absolute atomic E-state index is 0.138. The first kappa shape index (κ1) is 21.6. The molecule has 1 aromatic heterocycles. The van der Waals surface area contributed by atoms with E-state index in [1.165, 1.54) is 0 Å². The Bertz CT molecular complexity index is 1160. The van der Waals surface area contributed by atoms with Crippen LogP contribution in [0.25, 0.3) is 11.5 Å². The van der Waals surface area contributed by atoms with Crippen molar-refractivity contribution in [3.05, 3.63) is 65.0 Å². The van der Waals surface area contributed by atoms with E-state index in [0.717, 1.165) is 25.0 Å². The number of anilines is 1. The normalized spacial score (nSPS) is 16.9. The maximum Gasteiger partial charge on any atom is 0.258 e. The molecule has 1 unspecified atom stereocenters. The van der Waals surface area contributed by atoms with Crippen LogP contribution in [0, 0.1) is 29.9 Å². The molecule has 3 aromatic rings. The number of hydrogen-bond acceptors (Lipinski definition) is 7. The first-order valence-electron chi connectivity index (χ1n) is 10.3. The predicted molar refractivity (Wildman–Crippen MR) is 113 cm³/mol. The molecule has 7 nitrogen and oxygen atoms in total. The molecule has 2 heterocycles. The van der Waals surface area contributed by atoms with Gasteiger partial charge in [0.2, 0.25) is 0 Å². The number of nitrogens with zero attached hydrogens (tertiary/aromatic N) is 3. The second-order valence-electron chi connectivity index (χ2n) is 7.66. The third-order valence-corrected chi connectivity index (χ3v) is 5.45. The van der Waals surface area contributed by atoms with Crippen molar-refractivity contribution in [3.63, 3.8) is 0 Å². The number of aromatic nitrogens is 2. The topological polar surface area (TPSA) is 104 Å². The Kier molecular flexibility index (Phi) is 6.23. The number of halogens is 2. The number of aryl methyl sites for hydroxylation is 1. The van der Waals surface area contributed by atoms with E-state index >= 15 is 0 Å². The van der Waals surface area contributed by atoms with Crippen LogP contribution in [0.3, 0.4) is 0 Å². The molecule has 1 aliphatic heterocycles. The fourth-order valence-corrected chi connectivity index (χ4v) is 3.90. The summed E-state index contributed by atoms with van der Waals surface area (Å²) in [4.78, 5) is 17.9. The van der Waals surface area contributed by atoms with Gasteiger partial charge in [-0.15, -0.1) is 0 Å². The van der Waals surface area contributed by atoms with Crippen LogP contribution in [0.5, 0.6) is 0 Å². The molecular formula is C23H21F2N5O2. The number of carbonyl (C=O) groups is 1. The van der Waals surface area contributed by atoms with Gasteiger partial charge in [-0.05, 0) is 44.5 Å². The molecule has 1 fully saturated rings. The summed E-state index contributed by atoms with van der Waals surface area (Å²) in [6, 6.07) is 9.05. The van der Waals surface area contributed by atoms with Crippen LogP contribution < -0.4 is 10.6 Å². The summed E-state index contributed by atoms with van der Waals surface area (Å²) in [7, 11) is 0. The standard InChI is InChI=1S/C23H21F2N5O2/c1-13-28-23(32-30-13)16-7-3-2-6-15(16)22(31)21(19-8-4-5-9-27-19)29-20-17(24)10-14(12-26)11-18(20)25/h2-3,6-7,10-11,19,21,27,29H,4-5,8-9H2,1H3/t19?,21-/m0/s1. The molecule has 0 saturated carbocycles. The van der Waals surface area contributed by atoms with Crippen molar-refractivity contribution in [2.24, 2.45) is 0 Å². The highest BCUT2D eigenvalue weighted by molar-refractivity contribution is 6.06. The van der Waals surface area contributed by atoms with Crippen molar-refractivity contribution in [1.29, 1.82) is 5.26 Å². The van der Waals surface area contributed by atoms with E-state index in [2.05, 4.69) is 20.8 Å². The third-order valence-electron chi connectivity index (χ3n) is 5.45. The Morgan fingerprint density at radius 3 is 2.66 bits per heavy atom. The van der Waals surface area contributed by atoms with Crippen LogP contribution in [-0.2, 0) is 0 Å². The zero-order valence-electron chi connectivity index (χ0n) is 17.4. The highest BCUT2D eigenvalue weighted by Crippen LogP contribution is 2.28. The van der Waals surface area contributed by atoms with Gasteiger partial charge in [0.15, 0.2) is 23.2 Å². The van der Waals surface area contributed by atoms with Gasteiger partial charge in [-0.2, -0.15) is 10.2 Å². The Hall–Kier alpha value is -3.64. The fourth-order valence-electron chi connectivity index (χ4n) is 3.90. The molecule has 0 radical (unpaired) electrons. The van der Waals surface area contributed by atoms with Crippen molar-refractivity contribution >= 4 is 11.5 Å². The highest BCUT2D eigenvalue weighted by Gasteiger charge is 2.33. The second kappa shape index (κ2) is 9.24. The maximum absolute atomic E-state index is 14.6. The van der Waals surface area contributed by atoms with Gasteiger partial charge in [0.25, 0.3) is 5.89 Å². The molecule has 2 atom stereocenters. The summed E-state index contributed by atoms with van der Waals surface area (Å²) in [6.45, 7) is 2.36. The predicted octanol–water partition coefficient (Wildman–Crippen LogP) is 4.00. The molecule has 0 aliphatic carbocycles. The molecule has 1 aliphatic rings. The molecule has 1 saturated heterocycles. The molecule has 0 amide bonds. The molecule has 2 N–H and O–H groups in total. The number of rotatable bonds is 6. The number of ketones is 1. The van der Waals surface area contributed by atoms with E-state index in [4.69, 9.17) is 9.78 Å². The molecular weight excluding hydrogens is 416 g/mol. The largest absolute Gasteiger partial charge is 0.369 e. The smallest absolute Gasteiger partial charge is 0.258 e. The van der Waals surface area contributed by atoms with E-state index < -0.39 is 23.4 Å². The Morgan fingerprint density at radius 2 is 2.03 bits per heavy atom. The molecule has 0 spiro atoms. The van der Waals surface area contributed by atoms with Crippen molar-refractivity contribution in [1.82, 2.24) is 15.5 Å². The number of Topliss-reactive ketones (excluding diaryl/α,β-unsaturated/α-hetero) is 1. The zero-order valence-corrected chi connectivity index (χ0v) is 17.4. The molecule has 164 valence electrons. The average Bonchev–Trinajstić information content (AvgIpc) is 3.25. The van der Waals surface area contributed by atoms with E-state index in [1.54, 1.807) is 37.3 Å². The van der Waals surface area contributed by atoms with Gasteiger partial charge in [0.1, 0.15) is 11.7 Å². The lowest BCUT2D eigenvalue weighted by molar-refractivity contribution is 0.0946. The minimum atomic E-state index is -0.961. The monoisotopic (exact) mass is 437 g/mol. The highest BCUT2D eigenvalue weighted by atomic mass is 19.1. The first-order chi connectivity index (χ1) is 15.5. The van der Waals surface area contributed by atoms with Crippen LogP contribution >= 0.6 is 0 Å². The van der Waals surface area contributed by atoms with Gasteiger partial charge in [0, 0.05) is 11.6 Å². The number of hydrogen-bond donors (Lipinski definition) is 2. The Labute approximate surface area is 183 Å². The Balaban J connectivity index is 1.74. The molecule has 9 heteroatoms. The molecule has 0 bridgehead atoms. The van der Waals surface area contributed by atoms with Gasteiger partial charge in [0.05, 0.1) is 17.2 Å². The van der Waals surface area contributed by atoms with E-state index in [1.807, 2.05) is 0 Å². The first-order valence-corrected chi connectivity index (χ1v) is 10.3. The summed E-state index contributed by atoms with van der Waals surface area (Å²) in [5.74, 6) is -1.61. The lowest BCUT2D eigenvalue weighted by atomic mass is 9.89. The van der Waals surface area contributed by atoms with Crippen LogP contribution in [-0.4, -0.2) is 34.6 Å². The Morgan fingerprint density at radius 1 is 1.28 bits per heavy atom. The summed E-state index contributed by atoms with van der Waals surface area (Å²) >= 11 is 0. The average molecular weight is 437 g/mol. The lowest BCUT2D eigenvalue weighted by Gasteiger charge is -2.32.